The standard InChI is InChI=1S/C20H12ClN3O3S/c21-10-7-5-9(6-8-10)13-14-16(11-3-1-2-4-12(11)27-19(14)26)22-17-15(13)18(25)24-20(28)23-17/h1-8,13H,(H3,22,23,24,25,28). The number of nitrogens with one attached hydrogen (secondary N) is 3. The van der Waals surface area contributed by atoms with E-state index in [9.17, 15) is 9.59 Å². The SMILES string of the molecule is O=c1[nH]c(=S)[nH]c2c1C(c1ccc(Cl)cc1)c1c(c3ccccc3oc1=O)N2. The van der Waals surface area contributed by atoms with Crippen molar-refractivity contribution >= 4 is 46.3 Å². The number of H-pyrrole nitrogens is 2. The molecule has 4 aromatic rings. The van der Waals surface area contributed by atoms with E-state index in [0.29, 0.717) is 33.2 Å². The Morgan fingerprint density at radius 2 is 1.71 bits per heavy atom. The number of aromatic nitrogens is 2. The number of hydrogen-bond donors (Lipinski definition) is 3. The molecule has 0 saturated heterocycles. The molecule has 1 aliphatic rings. The van der Waals surface area contributed by atoms with E-state index < -0.39 is 11.5 Å². The predicted octanol–water partition coefficient (Wildman–Crippen LogP) is 4.43. The lowest BCUT2D eigenvalue weighted by Crippen LogP contribution is -2.29. The first-order chi connectivity index (χ1) is 13.5. The molecule has 8 heteroatoms. The Hall–Kier alpha value is -3.16. The van der Waals surface area contributed by atoms with Crippen molar-refractivity contribution in [2.24, 2.45) is 0 Å². The molecule has 3 heterocycles. The van der Waals surface area contributed by atoms with Gasteiger partial charge >= 0.3 is 5.63 Å². The van der Waals surface area contributed by atoms with Crippen LogP contribution in [0.3, 0.4) is 0 Å². The fourth-order valence-electron chi connectivity index (χ4n) is 3.69. The third kappa shape index (κ3) is 2.51. The molecule has 0 aliphatic carbocycles. The van der Waals surface area contributed by atoms with Crippen LogP contribution in [0.4, 0.5) is 11.5 Å². The van der Waals surface area contributed by atoms with Crippen molar-refractivity contribution in [3.05, 3.63) is 95.8 Å². The highest BCUT2D eigenvalue weighted by Crippen LogP contribution is 2.43. The van der Waals surface area contributed by atoms with Crippen LogP contribution in [0.2, 0.25) is 5.02 Å². The molecule has 1 unspecified atom stereocenters. The largest absolute Gasteiger partial charge is 0.422 e. The zero-order valence-corrected chi connectivity index (χ0v) is 15.8. The monoisotopic (exact) mass is 409 g/mol. The lowest BCUT2D eigenvalue weighted by atomic mass is 9.83. The van der Waals surface area contributed by atoms with Crippen LogP contribution in [0, 0.1) is 4.77 Å². The zero-order valence-electron chi connectivity index (χ0n) is 14.2. The van der Waals surface area contributed by atoms with Crippen LogP contribution in [0.1, 0.15) is 22.6 Å². The fourth-order valence-corrected chi connectivity index (χ4v) is 4.01. The molecule has 3 N–H and O–H groups in total. The van der Waals surface area contributed by atoms with Crippen molar-refractivity contribution in [1.29, 1.82) is 0 Å². The molecule has 138 valence electrons. The summed E-state index contributed by atoms with van der Waals surface area (Å²) in [4.78, 5) is 31.3. The summed E-state index contributed by atoms with van der Waals surface area (Å²) in [6, 6.07) is 14.3. The topological polar surface area (TPSA) is 90.9 Å². The maximum atomic E-state index is 12.9. The van der Waals surface area contributed by atoms with Gasteiger partial charge in [-0.05, 0) is 42.0 Å². The number of para-hydroxylation sites is 1. The van der Waals surface area contributed by atoms with Crippen molar-refractivity contribution in [2.75, 3.05) is 5.32 Å². The average Bonchev–Trinajstić information content (AvgIpc) is 2.67. The van der Waals surface area contributed by atoms with Gasteiger partial charge < -0.3 is 14.7 Å². The molecule has 0 spiro atoms. The number of hydrogen-bond acceptors (Lipinski definition) is 5. The first kappa shape index (κ1) is 17.0. The molecule has 5 rings (SSSR count). The molecule has 0 fully saturated rings. The van der Waals surface area contributed by atoms with Crippen LogP contribution >= 0.6 is 23.8 Å². The van der Waals surface area contributed by atoms with Gasteiger partial charge in [-0.1, -0.05) is 35.9 Å². The number of benzene rings is 2. The fraction of sp³-hybridized carbons (Fsp3) is 0.0500. The van der Waals surface area contributed by atoms with Gasteiger partial charge in [0, 0.05) is 10.4 Å². The lowest BCUT2D eigenvalue weighted by Gasteiger charge is -2.28. The summed E-state index contributed by atoms with van der Waals surface area (Å²) < 4.78 is 5.75. The number of aromatic amines is 2. The van der Waals surface area contributed by atoms with Gasteiger partial charge in [0.15, 0.2) is 4.77 Å². The first-order valence-electron chi connectivity index (χ1n) is 8.47. The summed E-state index contributed by atoms with van der Waals surface area (Å²) in [7, 11) is 0. The van der Waals surface area contributed by atoms with E-state index in [1.54, 1.807) is 36.4 Å². The highest BCUT2D eigenvalue weighted by molar-refractivity contribution is 7.71. The van der Waals surface area contributed by atoms with Crippen molar-refractivity contribution in [1.82, 2.24) is 9.97 Å². The molecule has 1 aliphatic heterocycles. The quantitative estimate of drug-likeness (QED) is 0.281. The van der Waals surface area contributed by atoms with Crippen molar-refractivity contribution < 1.29 is 4.42 Å². The van der Waals surface area contributed by atoms with Gasteiger partial charge in [0.05, 0.1) is 22.7 Å². The van der Waals surface area contributed by atoms with Gasteiger partial charge in [-0.3, -0.25) is 9.78 Å². The van der Waals surface area contributed by atoms with Gasteiger partial charge in [0.1, 0.15) is 11.4 Å². The molecule has 2 aromatic heterocycles. The molecule has 0 amide bonds. The van der Waals surface area contributed by atoms with E-state index in [1.807, 2.05) is 12.1 Å². The number of rotatable bonds is 1. The predicted molar refractivity (Wildman–Crippen MR) is 110 cm³/mol. The minimum absolute atomic E-state index is 0.196. The highest BCUT2D eigenvalue weighted by Gasteiger charge is 2.34. The van der Waals surface area contributed by atoms with Gasteiger partial charge in [-0.2, -0.15) is 0 Å². The summed E-state index contributed by atoms with van der Waals surface area (Å²) in [5, 5.41) is 4.49. The maximum absolute atomic E-state index is 12.9. The van der Waals surface area contributed by atoms with Gasteiger partial charge in [0.2, 0.25) is 0 Å². The summed E-state index contributed by atoms with van der Waals surface area (Å²) >= 11 is 11.2. The summed E-state index contributed by atoms with van der Waals surface area (Å²) in [5.41, 5.74) is 1.65. The highest BCUT2D eigenvalue weighted by atomic mass is 35.5. The second-order valence-electron chi connectivity index (χ2n) is 6.48. The first-order valence-corrected chi connectivity index (χ1v) is 9.26. The maximum Gasteiger partial charge on any atom is 0.342 e. The molecule has 6 nitrogen and oxygen atoms in total. The van der Waals surface area contributed by atoms with Crippen molar-refractivity contribution in [2.45, 2.75) is 5.92 Å². The minimum Gasteiger partial charge on any atom is -0.422 e. The van der Waals surface area contributed by atoms with Gasteiger partial charge in [-0.15, -0.1) is 0 Å². The van der Waals surface area contributed by atoms with Gasteiger partial charge in [-0.25, -0.2) is 4.79 Å². The Balaban J connectivity index is 1.93. The molecule has 0 radical (unpaired) electrons. The third-order valence-electron chi connectivity index (χ3n) is 4.86. The average molecular weight is 410 g/mol. The van der Waals surface area contributed by atoms with Crippen LogP contribution in [0.15, 0.2) is 62.5 Å². The number of anilines is 2. The third-order valence-corrected chi connectivity index (χ3v) is 5.31. The van der Waals surface area contributed by atoms with E-state index in [2.05, 4.69) is 15.3 Å². The lowest BCUT2D eigenvalue weighted by molar-refractivity contribution is 0.548. The Morgan fingerprint density at radius 3 is 2.50 bits per heavy atom. The molecule has 2 aromatic carbocycles. The Labute approximate surface area is 167 Å². The molecule has 28 heavy (non-hydrogen) atoms. The molecular formula is C20H12ClN3O3S. The van der Waals surface area contributed by atoms with Crippen molar-refractivity contribution in [3.63, 3.8) is 0 Å². The summed E-state index contributed by atoms with van der Waals surface area (Å²) in [5.74, 6) is -0.183. The second-order valence-corrected chi connectivity index (χ2v) is 7.33. The Morgan fingerprint density at radius 1 is 0.964 bits per heavy atom. The van der Waals surface area contributed by atoms with Gasteiger partial charge in [0.25, 0.3) is 5.56 Å². The Kier molecular flexibility index (Phi) is 3.75. The van der Waals surface area contributed by atoms with Crippen LogP contribution < -0.4 is 16.5 Å². The Bertz CT molecular complexity index is 1420. The number of halogens is 1. The molecule has 0 saturated carbocycles. The van der Waals surface area contributed by atoms with Crippen LogP contribution in [0.25, 0.3) is 11.0 Å². The van der Waals surface area contributed by atoms with Crippen molar-refractivity contribution in [3.8, 4) is 0 Å². The zero-order chi connectivity index (χ0) is 19.4. The van der Waals surface area contributed by atoms with Crippen LogP contribution in [0.5, 0.6) is 0 Å². The normalized spacial score (nSPS) is 15.0. The molecule has 1 atom stereocenters. The smallest absolute Gasteiger partial charge is 0.342 e. The van der Waals surface area contributed by atoms with Crippen LogP contribution in [-0.2, 0) is 0 Å². The number of fused-ring (bicyclic) bond motifs is 4. The van der Waals surface area contributed by atoms with E-state index in [-0.39, 0.29) is 10.3 Å². The van der Waals surface area contributed by atoms with E-state index >= 15 is 0 Å². The second kappa shape index (κ2) is 6.19. The minimum atomic E-state index is -0.639. The van der Waals surface area contributed by atoms with E-state index in [0.717, 1.165) is 10.9 Å². The summed E-state index contributed by atoms with van der Waals surface area (Å²) in [6.07, 6.45) is 0. The van der Waals surface area contributed by atoms with E-state index in [4.69, 9.17) is 28.2 Å². The van der Waals surface area contributed by atoms with E-state index in [1.165, 1.54) is 0 Å². The molecule has 0 bridgehead atoms. The van der Waals surface area contributed by atoms with Crippen LogP contribution in [-0.4, -0.2) is 9.97 Å². The summed E-state index contributed by atoms with van der Waals surface area (Å²) in [6.45, 7) is 0. The molecular weight excluding hydrogens is 398 g/mol.